The van der Waals surface area contributed by atoms with E-state index in [2.05, 4.69) is 5.32 Å². The molecule has 2 heterocycles. The molecule has 4 rings (SSSR count). The van der Waals surface area contributed by atoms with Crippen LogP contribution in [0.1, 0.15) is 70.0 Å². The number of carbonyl (C=O) groups is 3. The highest BCUT2D eigenvalue weighted by Crippen LogP contribution is 2.40. The van der Waals surface area contributed by atoms with E-state index in [4.69, 9.17) is 33.8 Å². The molecule has 14 nitrogen and oxygen atoms in total. The molecule has 1 aliphatic rings. The van der Waals surface area contributed by atoms with Crippen LogP contribution in [0.2, 0.25) is 0 Å². The summed E-state index contributed by atoms with van der Waals surface area (Å²) in [5, 5.41) is 24.1. The number of aryl methyl sites for hydroxylation is 1. The van der Waals surface area contributed by atoms with Gasteiger partial charge in [0.05, 0.1) is 16.4 Å². The number of aromatic hydroxyl groups is 1. The number of primary amides is 1. The van der Waals surface area contributed by atoms with E-state index < -0.39 is 64.9 Å². The number of allylic oxidation sites excluding steroid dienone is 2. The van der Waals surface area contributed by atoms with Crippen molar-refractivity contribution in [3.8, 4) is 17.2 Å². The monoisotopic (exact) mass is 696 g/mol. The minimum atomic E-state index is -1.55. The average molecular weight is 697 g/mol. The number of aliphatic hydroxyl groups excluding tert-OH is 1. The first kappa shape index (κ1) is 37.9. The minimum Gasteiger partial charge on any atom is -0.508 e. The highest BCUT2D eigenvalue weighted by Gasteiger charge is 2.53. The number of nitrogens with one attached hydrogen (secondary N) is 1. The maximum atomic E-state index is 13.6. The van der Waals surface area contributed by atoms with Crippen molar-refractivity contribution in [3.05, 3.63) is 69.1 Å². The van der Waals surface area contributed by atoms with Crippen LogP contribution in [0.25, 0.3) is 11.0 Å². The number of amides is 2. The number of ether oxygens (including phenoxy) is 5. The Balaban J connectivity index is 1.78. The SMILES string of the molecule is CO[C@H]1[C@@H](OC(N)=O)[C@@H](O)[C@H](Oc2ccc3c(OC(=O)C(C)(C)C)c(NC(=O)c4ccc(O)c(CC=C(C)C)c4)c(=O)oc3c2C)OC1(C)C. The molecule has 14 heteroatoms. The topological polar surface area (TPSA) is 206 Å². The number of fused-ring (bicyclic) bond motifs is 1. The van der Waals surface area contributed by atoms with Crippen molar-refractivity contribution >= 4 is 34.6 Å². The van der Waals surface area contributed by atoms with Crippen molar-refractivity contribution < 1.29 is 52.7 Å². The molecule has 1 aromatic heterocycles. The highest BCUT2D eigenvalue weighted by atomic mass is 16.7. The summed E-state index contributed by atoms with van der Waals surface area (Å²) in [6.07, 6.45) is -3.97. The molecule has 0 radical (unpaired) electrons. The lowest BCUT2D eigenvalue weighted by molar-refractivity contribution is -0.304. The van der Waals surface area contributed by atoms with E-state index in [1.807, 2.05) is 19.9 Å². The Bertz CT molecular complexity index is 1880. The second-order valence-electron chi connectivity index (χ2n) is 13.8. The molecular formula is C36H44N2O12. The Morgan fingerprint density at radius 3 is 2.40 bits per heavy atom. The van der Waals surface area contributed by atoms with Crippen LogP contribution in [0.5, 0.6) is 17.2 Å². The van der Waals surface area contributed by atoms with Gasteiger partial charge in [-0.2, -0.15) is 0 Å². The van der Waals surface area contributed by atoms with Gasteiger partial charge in [0.2, 0.25) is 6.29 Å². The summed E-state index contributed by atoms with van der Waals surface area (Å²) in [5.74, 6) is -1.56. The minimum absolute atomic E-state index is 0.00158. The second-order valence-corrected chi connectivity index (χ2v) is 13.8. The van der Waals surface area contributed by atoms with Crippen molar-refractivity contribution in [1.82, 2.24) is 0 Å². The van der Waals surface area contributed by atoms with E-state index >= 15 is 0 Å². The zero-order chi connectivity index (χ0) is 37.3. The number of benzene rings is 2. The summed E-state index contributed by atoms with van der Waals surface area (Å²) in [7, 11) is 1.37. The molecule has 0 aliphatic carbocycles. The quantitative estimate of drug-likeness (QED) is 0.134. The first-order chi connectivity index (χ1) is 23.2. The Kier molecular flexibility index (Phi) is 11.0. The van der Waals surface area contributed by atoms with Gasteiger partial charge in [-0.15, -0.1) is 0 Å². The Morgan fingerprint density at radius 1 is 1.12 bits per heavy atom. The van der Waals surface area contributed by atoms with Crippen LogP contribution in [0.4, 0.5) is 10.5 Å². The molecule has 2 amide bonds. The number of phenols is 1. The molecule has 5 N–H and O–H groups in total. The number of hydrogen-bond donors (Lipinski definition) is 4. The fourth-order valence-corrected chi connectivity index (χ4v) is 5.40. The highest BCUT2D eigenvalue weighted by molar-refractivity contribution is 6.07. The summed E-state index contributed by atoms with van der Waals surface area (Å²) in [6.45, 7) is 13.6. The largest absolute Gasteiger partial charge is 0.508 e. The molecular weight excluding hydrogens is 652 g/mol. The van der Waals surface area contributed by atoms with Crippen LogP contribution in [0.15, 0.2) is 51.2 Å². The molecule has 0 saturated carbocycles. The summed E-state index contributed by atoms with van der Waals surface area (Å²) < 4.78 is 34.1. The van der Waals surface area contributed by atoms with Crippen LogP contribution in [-0.4, -0.2) is 65.5 Å². The smallest absolute Gasteiger partial charge is 0.404 e. The summed E-state index contributed by atoms with van der Waals surface area (Å²) >= 11 is 0. The molecule has 270 valence electrons. The van der Waals surface area contributed by atoms with Crippen LogP contribution in [0, 0.1) is 12.3 Å². The van der Waals surface area contributed by atoms with Gasteiger partial charge in [0, 0.05) is 18.2 Å². The molecule has 3 aromatic rings. The van der Waals surface area contributed by atoms with Gasteiger partial charge in [-0.3, -0.25) is 9.59 Å². The maximum Gasteiger partial charge on any atom is 0.404 e. The summed E-state index contributed by atoms with van der Waals surface area (Å²) in [5.41, 5.74) is 3.54. The number of carbonyl (C=O) groups excluding carboxylic acids is 3. The lowest BCUT2D eigenvalue weighted by atomic mass is 9.89. The number of methoxy groups -OCH3 is 1. The van der Waals surface area contributed by atoms with Crippen LogP contribution in [0.3, 0.4) is 0 Å². The number of hydrogen-bond acceptors (Lipinski definition) is 12. The van der Waals surface area contributed by atoms with Crippen LogP contribution in [-0.2, 0) is 25.4 Å². The van der Waals surface area contributed by atoms with E-state index in [0.717, 1.165) is 5.57 Å². The first-order valence-corrected chi connectivity index (χ1v) is 15.9. The average Bonchev–Trinajstić information content (AvgIpc) is 3.01. The van der Waals surface area contributed by atoms with E-state index in [1.54, 1.807) is 41.5 Å². The Morgan fingerprint density at radius 2 is 1.80 bits per heavy atom. The van der Waals surface area contributed by atoms with Crippen LogP contribution >= 0.6 is 0 Å². The van der Waals surface area contributed by atoms with E-state index in [1.165, 1.54) is 37.4 Å². The Labute approximate surface area is 289 Å². The lowest BCUT2D eigenvalue weighted by Crippen LogP contribution is -2.65. The van der Waals surface area contributed by atoms with Gasteiger partial charge in [-0.05, 0) is 97.7 Å². The van der Waals surface area contributed by atoms with Crippen molar-refractivity contribution in [2.24, 2.45) is 11.1 Å². The summed E-state index contributed by atoms with van der Waals surface area (Å²) in [6, 6.07) is 7.20. The molecule has 50 heavy (non-hydrogen) atoms. The number of anilines is 1. The fourth-order valence-electron chi connectivity index (χ4n) is 5.40. The predicted molar refractivity (Wildman–Crippen MR) is 182 cm³/mol. The first-order valence-electron chi connectivity index (χ1n) is 15.9. The number of rotatable bonds is 9. The van der Waals surface area contributed by atoms with Gasteiger partial charge in [-0.1, -0.05) is 11.6 Å². The zero-order valence-corrected chi connectivity index (χ0v) is 29.5. The molecule has 0 spiro atoms. The fraction of sp³-hybridized carbons (Fsp3) is 0.444. The third-order valence-electron chi connectivity index (χ3n) is 8.11. The van der Waals surface area contributed by atoms with Crippen molar-refractivity contribution in [1.29, 1.82) is 0 Å². The van der Waals surface area contributed by atoms with Gasteiger partial charge >= 0.3 is 17.7 Å². The molecule has 1 fully saturated rings. The van der Waals surface area contributed by atoms with Crippen molar-refractivity contribution in [2.45, 2.75) is 92.0 Å². The van der Waals surface area contributed by atoms with Gasteiger partial charge in [0.15, 0.2) is 23.6 Å². The van der Waals surface area contributed by atoms with Crippen LogP contribution < -0.4 is 26.1 Å². The van der Waals surface area contributed by atoms with E-state index in [-0.39, 0.29) is 39.3 Å². The second kappa shape index (κ2) is 14.5. The number of nitrogens with two attached hydrogens (primary N) is 1. The third-order valence-corrected chi connectivity index (χ3v) is 8.11. The predicted octanol–water partition coefficient (Wildman–Crippen LogP) is 4.87. The number of esters is 1. The van der Waals surface area contributed by atoms with E-state index in [0.29, 0.717) is 12.0 Å². The molecule has 4 atom stereocenters. The van der Waals surface area contributed by atoms with Crippen molar-refractivity contribution in [3.63, 3.8) is 0 Å². The molecule has 1 saturated heterocycles. The zero-order valence-electron chi connectivity index (χ0n) is 29.5. The van der Waals surface area contributed by atoms with Gasteiger partial charge < -0.3 is 49.4 Å². The summed E-state index contributed by atoms with van der Waals surface area (Å²) in [4.78, 5) is 51.8. The molecule has 1 aliphatic heterocycles. The number of aliphatic hydroxyl groups is 1. The third kappa shape index (κ3) is 8.09. The van der Waals surface area contributed by atoms with Gasteiger partial charge in [0.1, 0.15) is 23.2 Å². The molecule has 2 aromatic carbocycles. The number of phenolic OH excluding ortho intramolecular Hbond substituents is 1. The Hall–Kier alpha value is -4.92. The molecule has 0 unspecified atom stereocenters. The lowest BCUT2D eigenvalue weighted by Gasteiger charge is -2.47. The molecule has 0 bridgehead atoms. The maximum absolute atomic E-state index is 13.6. The van der Waals surface area contributed by atoms with E-state index in [9.17, 15) is 29.4 Å². The standard InChI is InChI=1S/C36H44N2O12/c1-17(2)10-11-19-16-20(12-14-22(19)39)30(41)38-24-27(48-33(43)35(4,5)6)21-13-15-23(18(3)26(21)47-31(24)42)46-32-25(40)28(49-34(37)44)29(45-9)36(7,8)50-32/h10,12-16,25,28-29,32,39-40H,11H2,1-9H3,(H2,37,44)(H,38,41)/t25-,28+,29+,32-/m1/s1. The normalized spacial score (nSPS) is 20.1. The van der Waals surface area contributed by atoms with Gasteiger partial charge in [0.25, 0.3) is 5.91 Å². The van der Waals surface area contributed by atoms with Gasteiger partial charge in [-0.25, -0.2) is 9.59 Å². The van der Waals surface area contributed by atoms with Crippen molar-refractivity contribution in [2.75, 3.05) is 12.4 Å².